The van der Waals surface area contributed by atoms with Crippen molar-refractivity contribution in [2.24, 2.45) is 0 Å². The molecule has 3 heterocycles. The summed E-state index contributed by atoms with van der Waals surface area (Å²) in [4.78, 5) is 4.37. The molecule has 0 unspecified atom stereocenters. The molecule has 0 aliphatic carbocycles. The van der Waals surface area contributed by atoms with Crippen LogP contribution in [-0.2, 0) is 16.6 Å². The Hall–Kier alpha value is -1.44. The molecular formula is C15H22N4O2S. The van der Waals surface area contributed by atoms with Gasteiger partial charge in [0, 0.05) is 31.9 Å². The summed E-state index contributed by atoms with van der Waals surface area (Å²) in [6.07, 6.45) is 5.61. The van der Waals surface area contributed by atoms with Gasteiger partial charge in [-0.2, -0.15) is 0 Å². The Morgan fingerprint density at radius 1 is 1.32 bits per heavy atom. The highest BCUT2D eigenvalue weighted by Gasteiger charge is 2.26. The lowest BCUT2D eigenvalue weighted by atomic mass is 10.1. The van der Waals surface area contributed by atoms with E-state index in [-0.39, 0.29) is 5.75 Å². The zero-order valence-corrected chi connectivity index (χ0v) is 13.6. The molecule has 0 spiro atoms. The number of fused-ring (bicyclic) bond motifs is 1. The van der Waals surface area contributed by atoms with Crippen LogP contribution in [0, 0.1) is 0 Å². The average molecular weight is 322 g/mol. The minimum Gasteiger partial charge on any atom is -0.308 e. The van der Waals surface area contributed by atoms with E-state index in [1.54, 1.807) is 11.2 Å². The van der Waals surface area contributed by atoms with E-state index in [1.807, 2.05) is 30.6 Å². The highest BCUT2D eigenvalue weighted by molar-refractivity contribution is 7.89. The van der Waals surface area contributed by atoms with Crippen LogP contribution in [0.4, 0.5) is 0 Å². The third kappa shape index (κ3) is 3.16. The van der Waals surface area contributed by atoms with Crippen molar-refractivity contribution >= 4 is 15.7 Å². The van der Waals surface area contributed by atoms with Crippen LogP contribution in [0.2, 0.25) is 0 Å². The summed E-state index contributed by atoms with van der Waals surface area (Å²) in [5, 5.41) is 3.52. The summed E-state index contributed by atoms with van der Waals surface area (Å²) in [7, 11) is -3.04. The van der Waals surface area contributed by atoms with Gasteiger partial charge in [-0.3, -0.25) is 0 Å². The van der Waals surface area contributed by atoms with Gasteiger partial charge in [0.1, 0.15) is 5.65 Å². The first-order valence-electron chi connectivity index (χ1n) is 7.72. The summed E-state index contributed by atoms with van der Waals surface area (Å²) in [6, 6.07) is 6.31. The number of hydrogen-bond donors (Lipinski definition) is 1. The van der Waals surface area contributed by atoms with Crippen molar-refractivity contribution in [1.82, 2.24) is 19.0 Å². The molecule has 3 rings (SSSR count). The van der Waals surface area contributed by atoms with E-state index in [0.717, 1.165) is 30.7 Å². The fourth-order valence-electron chi connectivity index (χ4n) is 2.89. The molecule has 0 amide bonds. The zero-order chi connectivity index (χ0) is 15.6. The molecule has 1 aliphatic rings. The highest BCUT2D eigenvalue weighted by atomic mass is 32.2. The number of imidazole rings is 1. The number of pyridine rings is 1. The molecule has 2 aromatic rings. The van der Waals surface area contributed by atoms with Crippen molar-refractivity contribution in [3.05, 3.63) is 36.3 Å². The molecule has 0 saturated carbocycles. The van der Waals surface area contributed by atoms with Gasteiger partial charge in [-0.15, -0.1) is 0 Å². The first kappa shape index (κ1) is 15.5. The van der Waals surface area contributed by atoms with E-state index in [1.165, 1.54) is 0 Å². The molecule has 0 atom stereocenters. The fraction of sp³-hybridized carbons (Fsp3) is 0.533. The maximum absolute atomic E-state index is 11.8. The van der Waals surface area contributed by atoms with Crippen molar-refractivity contribution in [2.45, 2.75) is 32.4 Å². The molecule has 6 nitrogen and oxygen atoms in total. The number of piperidine rings is 1. The number of aromatic nitrogens is 2. The minimum atomic E-state index is -3.04. The predicted molar refractivity (Wildman–Crippen MR) is 86.1 cm³/mol. The SMILES string of the molecule is CCS(=O)(=O)N1CCC(NCc2cnc3ccccn23)CC1. The van der Waals surface area contributed by atoms with Gasteiger partial charge in [-0.25, -0.2) is 17.7 Å². The van der Waals surface area contributed by atoms with Gasteiger partial charge in [0.2, 0.25) is 10.0 Å². The first-order chi connectivity index (χ1) is 10.6. The molecule has 1 aliphatic heterocycles. The number of sulfonamides is 1. The van der Waals surface area contributed by atoms with Crippen LogP contribution in [-0.4, -0.2) is 47.0 Å². The van der Waals surface area contributed by atoms with Gasteiger partial charge in [0.15, 0.2) is 0 Å². The number of nitrogens with one attached hydrogen (secondary N) is 1. The molecule has 120 valence electrons. The summed E-state index contributed by atoms with van der Waals surface area (Å²) in [6.45, 7) is 3.67. The molecule has 2 aromatic heterocycles. The summed E-state index contributed by atoms with van der Waals surface area (Å²) >= 11 is 0. The van der Waals surface area contributed by atoms with Crippen LogP contribution in [0.5, 0.6) is 0 Å². The van der Waals surface area contributed by atoms with Crippen molar-refractivity contribution in [3.8, 4) is 0 Å². The Balaban J connectivity index is 1.56. The Morgan fingerprint density at radius 3 is 2.82 bits per heavy atom. The monoisotopic (exact) mass is 322 g/mol. The van der Waals surface area contributed by atoms with Crippen LogP contribution in [0.25, 0.3) is 5.65 Å². The first-order valence-corrected chi connectivity index (χ1v) is 9.33. The quantitative estimate of drug-likeness (QED) is 0.899. The maximum Gasteiger partial charge on any atom is 0.213 e. The smallest absolute Gasteiger partial charge is 0.213 e. The lowest BCUT2D eigenvalue weighted by Crippen LogP contribution is -2.45. The van der Waals surface area contributed by atoms with Gasteiger partial charge < -0.3 is 9.72 Å². The summed E-state index contributed by atoms with van der Waals surface area (Å²) < 4.78 is 27.4. The Morgan fingerprint density at radius 2 is 2.09 bits per heavy atom. The van der Waals surface area contributed by atoms with Crippen molar-refractivity contribution in [2.75, 3.05) is 18.8 Å². The third-order valence-electron chi connectivity index (χ3n) is 4.28. The van der Waals surface area contributed by atoms with E-state index < -0.39 is 10.0 Å². The van der Waals surface area contributed by atoms with Gasteiger partial charge in [-0.1, -0.05) is 6.07 Å². The number of nitrogens with zero attached hydrogens (tertiary/aromatic N) is 3. The van der Waals surface area contributed by atoms with Crippen molar-refractivity contribution < 1.29 is 8.42 Å². The van der Waals surface area contributed by atoms with Crippen molar-refractivity contribution in [3.63, 3.8) is 0 Å². The number of hydrogen-bond acceptors (Lipinski definition) is 4. The van der Waals surface area contributed by atoms with E-state index in [2.05, 4.69) is 14.7 Å². The van der Waals surface area contributed by atoms with E-state index in [0.29, 0.717) is 19.1 Å². The van der Waals surface area contributed by atoms with Crippen LogP contribution < -0.4 is 5.32 Å². The molecule has 0 radical (unpaired) electrons. The predicted octanol–water partition coefficient (Wildman–Crippen LogP) is 1.24. The molecule has 0 aromatic carbocycles. The van der Waals surface area contributed by atoms with E-state index in [4.69, 9.17) is 0 Å². The zero-order valence-electron chi connectivity index (χ0n) is 12.8. The second-order valence-electron chi connectivity index (χ2n) is 5.63. The molecule has 0 bridgehead atoms. The van der Waals surface area contributed by atoms with Crippen LogP contribution in [0.3, 0.4) is 0 Å². The van der Waals surface area contributed by atoms with E-state index in [9.17, 15) is 8.42 Å². The van der Waals surface area contributed by atoms with Gasteiger partial charge >= 0.3 is 0 Å². The highest BCUT2D eigenvalue weighted by Crippen LogP contribution is 2.15. The lowest BCUT2D eigenvalue weighted by molar-refractivity contribution is 0.288. The van der Waals surface area contributed by atoms with Gasteiger partial charge in [0.05, 0.1) is 17.6 Å². The summed E-state index contributed by atoms with van der Waals surface area (Å²) in [5.41, 5.74) is 2.07. The molecule has 1 saturated heterocycles. The van der Waals surface area contributed by atoms with Crippen LogP contribution in [0.15, 0.2) is 30.6 Å². The Kier molecular flexibility index (Phi) is 4.46. The Labute approximate surface area is 131 Å². The topological polar surface area (TPSA) is 66.7 Å². The fourth-order valence-corrected chi connectivity index (χ4v) is 4.02. The lowest BCUT2D eigenvalue weighted by Gasteiger charge is -2.31. The molecule has 1 fully saturated rings. The van der Waals surface area contributed by atoms with E-state index >= 15 is 0 Å². The van der Waals surface area contributed by atoms with Crippen LogP contribution in [0.1, 0.15) is 25.5 Å². The standard InChI is InChI=1S/C15H22N4O2S/c1-2-22(20,21)18-9-6-13(7-10-18)16-11-14-12-17-15-5-3-4-8-19(14)15/h3-5,8,12-13,16H,2,6-7,9-11H2,1H3. The average Bonchev–Trinajstić information content (AvgIpc) is 2.96. The second-order valence-corrected chi connectivity index (χ2v) is 7.89. The van der Waals surface area contributed by atoms with Gasteiger partial charge in [0.25, 0.3) is 0 Å². The third-order valence-corrected chi connectivity index (χ3v) is 6.16. The number of rotatable bonds is 5. The normalized spacial score (nSPS) is 18.0. The second kappa shape index (κ2) is 6.36. The molecule has 22 heavy (non-hydrogen) atoms. The largest absolute Gasteiger partial charge is 0.308 e. The molecular weight excluding hydrogens is 300 g/mol. The van der Waals surface area contributed by atoms with Crippen molar-refractivity contribution in [1.29, 1.82) is 0 Å². The van der Waals surface area contributed by atoms with Gasteiger partial charge in [-0.05, 0) is 31.9 Å². The molecule has 7 heteroatoms. The maximum atomic E-state index is 11.8. The summed E-state index contributed by atoms with van der Waals surface area (Å²) in [5.74, 6) is 0.187. The Bertz CT molecular complexity index is 733. The minimum absolute atomic E-state index is 0.187. The molecule has 1 N–H and O–H groups in total. The van der Waals surface area contributed by atoms with Crippen LogP contribution >= 0.6 is 0 Å².